The highest BCUT2D eigenvalue weighted by Gasteiger charge is 2.20. The zero-order valence-electron chi connectivity index (χ0n) is 27.7. The number of methoxy groups -OCH3 is 1. The normalized spacial score (nSPS) is 14.1. The van der Waals surface area contributed by atoms with Crippen LogP contribution >= 0.6 is 0 Å². The Labute approximate surface area is 266 Å². The molecule has 0 bridgehead atoms. The zero-order valence-corrected chi connectivity index (χ0v) is 27.7. The number of hydrogen-bond acceptors (Lipinski definition) is 7. The van der Waals surface area contributed by atoms with E-state index >= 15 is 0 Å². The maximum absolute atomic E-state index is 12.8. The molecule has 0 unspecified atom stereocenters. The van der Waals surface area contributed by atoms with Crippen molar-refractivity contribution >= 4 is 33.2 Å². The van der Waals surface area contributed by atoms with Crippen LogP contribution in [-0.2, 0) is 37.2 Å². The van der Waals surface area contributed by atoms with Crippen LogP contribution in [-0.4, -0.2) is 80.8 Å². The van der Waals surface area contributed by atoms with Gasteiger partial charge in [-0.2, -0.15) is 0 Å². The number of rotatable bonds is 10. The van der Waals surface area contributed by atoms with Gasteiger partial charge in [-0.3, -0.25) is 14.2 Å². The van der Waals surface area contributed by atoms with Crippen molar-refractivity contribution in [1.82, 2.24) is 19.4 Å². The minimum absolute atomic E-state index is 0.0602. The lowest BCUT2D eigenvalue weighted by molar-refractivity contribution is 0.131. The van der Waals surface area contributed by atoms with Gasteiger partial charge < -0.3 is 30.2 Å². The molecule has 9 nitrogen and oxygen atoms in total. The van der Waals surface area contributed by atoms with Crippen LogP contribution in [0.4, 0.5) is 11.4 Å². The summed E-state index contributed by atoms with van der Waals surface area (Å²) >= 11 is 0. The van der Waals surface area contributed by atoms with Crippen LogP contribution in [0.25, 0.3) is 21.8 Å². The number of pyridine rings is 2. The highest BCUT2D eigenvalue weighted by molar-refractivity contribution is 5.94. The first-order valence-electron chi connectivity index (χ1n) is 16.4. The van der Waals surface area contributed by atoms with Crippen LogP contribution in [0.15, 0.2) is 46.0 Å². The van der Waals surface area contributed by atoms with E-state index < -0.39 is 0 Å². The highest BCUT2D eigenvalue weighted by atomic mass is 16.5. The minimum atomic E-state index is 0.0602. The van der Waals surface area contributed by atoms with Crippen molar-refractivity contribution in [1.29, 1.82) is 0 Å². The van der Waals surface area contributed by atoms with E-state index in [1.165, 1.54) is 11.1 Å². The maximum atomic E-state index is 12.8. The van der Waals surface area contributed by atoms with Crippen molar-refractivity contribution in [2.45, 2.75) is 58.1 Å². The van der Waals surface area contributed by atoms with Gasteiger partial charge in [0.2, 0.25) is 0 Å². The predicted octanol–water partition coefficient (Wildman–Crippen LogP) is 4.84. The van der Waals surface area contributed by atoms with Crippen LogP contribution in [0.2, 0.25) is 0 Å². The molecule has 0 fully saturated rings. The molecule has 2 aliphatic heterocycles. The molecule has 2 aromatic heterocycles. The number of benzene rings is 2. The predicted molar refractivity (Wildman–Crippen MR) is 187 cm³/mol. The molecule has 0 amide bonds. The van der Waals surface area contributed by atoms with Gasteiger partial charge in [0.05, 0.1) is 22.4 Å². The van der Waals surface area contributed by atoms with Gasteiger partial charge in [0.1, 0.15) is 6.73 Å². The average Bonchev–Trinajstić information content (AvgIpc) is 3.03. The summed E-state index contributed by atoms with van der Waals surface area (Å²) in [6.07, 6.45) is 8.15. The second kappa shape index (κ2) is 15.1. The van der Waals surface area contributed by atoms with E-state index in [1.54, 1.807) is 11.7 Å². The molecule has 0 radical (unpaired) electrons. The van der Waals surface area contributed by atoms with E-state index in [2.05, 4.69) is 83.9 Å². The fourth-order valence-electron chi connectivity index (χ4n) is 6.54. The molecular weight excluding hydrogens is 564 g/mol. The second-order valence-corrected chi connectivity index (χ2v) is 12.9. The number of anilines is 2. The van der Waals surface area contributed by atoms with Crippen molar-refractivity contribution in [3.05, 3.63) is 79.4 Å². The molecule has 6 rings (SSSR count). The summed E-state index contributed by atoms with van der Waals surface area (Å²) in [5.74, 6) is 0. The molecule has 0 atom stereocenters. The number of aromatic nitrogens is 2. The summed E-state index contributed by atoms with van der Waals surface area (Å²) in [5, 5.41) is 9.18. The van der Waals surface area contributed by atoms with Crippen molar-refractivity contribution in [3.63, 3.8) is 0 Å². The van der Waals surface area contributed by atoms with Gasteiger partial charge in [0.25, 0.3) is 11.1 Å². The van der Waals surface area contributed by atoms with E-state index in [0.29, 0.717) is 6.73 Å². The quantitative estimate of drug-likeness (QED) is 0.235. The van der Waals surface area contributed by atoms with Gasteiger partial charge in [0, 0.05) is 42.1 Å². The number of H-pyrrole nitrogens is 1. The summed E-state index contributed by atoms with van der Waals surface area (Å²) in [6.45, 7) is 4.36. The minimum Gasteiger partial charge on any atom is -0.384 e. The lowest BCUT2D eigenvalue weighted by Gasteiger charge is -2.22. The molecule has 2 aromatic carbocycles. The Morgan fingerprint density at radius 3 is 1.98 bits per heavy atom. The molecule has 0 spiro atoms. The first-order chi connectivity index (χ1) is 21.8. The van der Waals surface area contributed by atoms with Gasteiger partial charge >= 0.3 is 0 Å². The SMILES string of the molecule is CN(C)CCCc1ccc2[nH]c(=O)c3c(c2c1)NCCC3.COCn1c(=O)c2c(c3cc(CCCN(C)C)ccc31)NCCC2. The van der Waals surface area contributed by atoms with Gasteiger partial charge in [-0.1, -0.05) is 12.1 Å². The topological polar surface area (TPSA) is 94.6 Å². The lowest BCUT2D eigenvalue weighted by atomic mass is 9.98. The molecule has 0 aliphatic carbocycles. The smallest absolute Gasteiger partial charge is 0.258 e. The van der Waals surface area contributed by atoms with Crippen molar-refractivity contribution in [2.24, 2.45) is 0 Å². The molecule has 242 valence electrons. The Balaban J connectivity index is 0.000000179. The molecule has 4 heterocycles. The van der Waals surface area contributed by atoms with E-state index in [1.807, 2.05) is 6.07 Å². The Morgan fingerprint density at radius 1 is 0.778 bits per heavy atom. The monoisotopic (exact) mass is 614 g/mol. The number of ether oxygens (including phenoxy) is 1. The first kappa shape index (κ1) is 32.7. The Hall–Kier alpha value is -3.66. The highest BCUT2D eigenvalue weighted by Crippen LogP contribution is 2.30. The van der Waals surface area contributed by atoms with Crippen LogP contribution in [0.3, 0.4) is 0 Å². The van der Waals surface area contributed by atoms with Gasteiger partial charge in [-0.15, -0.1) is 0 Å². The average molecular weight is 615 g/mol. The standard InChI is InChI=1S/C19H27N3O2.C17H23N3O/c1-21(2)11-5-6-14-8-9-17-16(12-14)18-15(7-4-10-20-18)19(23)22(17)13-24-3;1-20(2)10-4-5-12-7-8-15-14(11-12)16-13(17(21)19-15)6-3-9-18-16/h8-9,12,20H,4-7,10-11,13H2,1-3H3;7-8,11,18H,3-6,9-10H2,1-2H3,(H,19,21). The fourth-order valence-corrected chi connectivity index (χ4v) is 6.54. The van der Waals surface area contributed by atoms with Crippen LogP contribution in [0, 0.1) is 0 Å². The summed E-state index contributed by atoms with van der Waals surface area (Å²) in [4.78, 5) is 32.3. The van der Waals surface area contributed by atoms with E-state index in [4.69, 9.17) is 4.74 Å². The van der Waals surface area contributed by atoms with Crippen molar-refractivity contribution in [3.8, 4) is 0 Å². The number of fused-ring (bicyclic) bond motifs is 6. The van der Waals surface area contributed by atoms with Crippen molar-refractivity contribution < 1.29 is 4.74 Å². The Kier molecular flexibility index (Phi) is 11.0. The molecule has 2 aliphatic rings. The number of nitrogens with zero attached hydrogens (tertiary/aromatic N) is 3. The second-order valence-electron chi connectivity index (χ2n) is 12.9. The fraction of sp³-hybridized carbons (Fsp3) is 0.500. The summed E-state index contributed by atoms with van der Waals surface area (Å²) in [7, 11) is 10.0. The van der Waals surface area contributed by atoms with Gasteiger partial charge in [-0.25, -0.2) is 0 Å². The third kappa shape index (κ3) is 7.77. The maximum Gasteiger partial charge on any atom is 0.258 e. The third-order valence-corrected chi connectivity index (χ3v) is 8.81. The molecule has 4 aromatic rings. The zero-order chi connectivity index (χ0) is 31.9. The van der Waals surface area contributed by atoms with E-state index in [9.17, 15) is 9.59 Å². The summed E-state index contributed by atoms with van der Waals surface area (Å²) < 4.78 is 7.02. The van der Waals surface area contributed by atoms with Gasteiger partial charge in [-0.05, 0) is 128 Å². The Bertz CT molecular complexity index is 1740. The largest absolute Gasteiger partial charge is 0.384 e. The lowest BCUT2D eigenvalue weighted by Crippen LogP contribution is -2.29. The van der Waals surface area contributed by atoms with Crippen molar-refractivity contribution in [2.75, 3.05) is 72.1 Å². The van der Waals surface area contributed by atoms with Crippen LogP contribution in [0.1, 0.15) is 47.9 Å². The number of aromatic amines is 1. The summed E-state index contributed by atoms with van der Waals surface area (Å²) in [6, 6.07) is 12.9. The molecule has 0 saturated heterocycles. The molecule has 9 heteroatoms. The number of nitrogens with one attached hydrogen (secondary N) is 3. The first-order valence-corrected chi connectivity index (χ1v) is 16.4. The Morgan fingerprint density at radius 2 is 1.36 bits per heavy atom. The summed E-state index contributed by atoms with van der Waals surface area (Å²) in [5.41, 5.74) is 8.58. The van der Waals surface area contributed by atoms with E-state index in [0.717, 1.165) is 122 Å². The van der Waals surface area contributed by atoms with Gasteiger partial charge in [0.15, 0.2) is 0 Å². The molecular formula is C36H50N6O3. The van der Waals surface area contributed by atoms with E-state index in [-0.39, 0.29) is 11.1 Å². The van der Waals surface area contributed by atoms with Crippen LogP contribution in [0.5, 0.6) is 0 Å². The number of aryl methyl sites for hydroxylation is 2. The third-order valence-electron chi connectivity index (χ3n) is 8.81. The number of hydrogen-bond donors (Lipinski definition) is 3. The van der Waals surface area contributed by atoms with Crippen LogP contribution < -0.4 is 21.8 Å². The molecule has 3 N–H and O–H groups in total. The molecule has 45 heavy (non-hydrogen) atoms. The molecule has 0 saturated carbocycles.